The van der Waals surface area contributed by atoms with E-state index in [1.807, 2.05) is 5.32 Å². The van der Waals surface area contributed by atoms with E-state index in [4.69, 9.17) is 0 Å². The van der Waals surface area contributed by atoms with Gasteiger partial charge in [-0.3, -0.25) is 4.79 Å². The summed E-state index contributed by atoms with van der Waals surface area (Å²) < 4.78 is 37.4. The number of amides is 1. The number of hydrogen-bond donors (Lipinski definition) is 2. The molecule has 1 rings (SSSR count). The van der Waals surface area contributed by atoms with Crippen LogP contribution in [0, 0.1) is 5.82 Å². The van der Waals surface area contributed by atoms with Gasteiger partial charge in [0.1, 0.15) is 0 Å². The number of pyridine rings is 1. The van der Waals surface area contributed by atoms with Crippen LogP contribution in [0.4, 0.5) is 19.0 Å². The van der Waals surface area contributed by atoms with E-state index >= 15 is 0 Å². The van der Waals surface area contributed by atoms with E-state index in [1.165, 1.54) is 6.20 Å². The fourth-order valence-corrected chi connectivity index (χ4v) is 1.17. The molecule has 0 aliphatic rings. The Balaban J connectivity index is 2.83. The molecule has 0 aliphatic heterocycles. The van der Waals surface area contributed by atoms with Gasteiger partial charge < -0.3 is 10.6 Å². The van der Waals surface area contributed by atoms with Crippen molar-refractivity contribution in [1.82, 2.24) is 10.3 Å². The quantitative estimate of drug-likeness (QED) is 0.831. The molecule has 2 N–H and O–H groups in total. The molecule has 0 saturated carbocycles. The molecule has 0 bridgehead atoms. The number of hydrogen-bond acceptors (Lipinski definition) is 3. The number of halogens is 3. The molecule has 1 aromatic rings. The van der Waals surface area contributed by atoms with Crippen molar-refractivity contribution in [2.45, 2.75) is 13.3 Å². The number of anilines is 1. The summed E-state index contributed by atoms with van der Waals surface area (Å²) in [6.45, 7) is 1.37. The van der Waals surface area contributed by atoms with Gasteiger partial charge >= 0.3 is 0 Å². The van der Waals surface area contributed by atoms with E-state index in [2.05, 4.69) is 10.3 Å². The van der Waals surface area contributed by atoms with Gasteiger partial charge in [0.2, 0.25) is 0 Å². The molecular formula is C10H12F3N3O. The number of aromatic nitrogens is 1. The zero-order valence-electron chi connectivity index (χ0n) is 9.14. The van der Waals surface area contributed by atoms with Crippen molar-refractivity contribution in [1.29, 1.82) is 0 Å². The Morgan fingerprint density at radius 1 is 1.53 bits per heavy atom. The number of carbonyl (C=O) groups excluding carboxylic acids is 1. The molecule has 0 aliphatic carbocycles. The predicted molar refractivity (Wildman–Crippen MR) is 56.7 cm³/mol. The minimum atomic E-state index is -2.67. The summed E-state index contributed by atoms with van der Waals surface area (Å²) in [4.78, 5) is 15.1. The normalized spacial score (nSPS) is 10.4. The first-order valence-electron chi connectivity index (χ1n) is 5.01. The molecule has 0 aromatic carbocycles. The highest BCUT2D eigenvalue weighted by atomic mass is 19.3. The zero-order chi connectivity index (χ0) is 12.8. The molecule has 0 atom stereocenters. The van der Waals surface area contributed by atoms with E-state index < -0.39 is 24.7 Å². The highest BCUT2D eigenvalue weighted by molar-refractivity contribution is 5.95. The second-order valence-corrected chi connectivity index (χ2v) is 3.15. The number of rotatable bonds is 5. The van der Waals surface area contributed by atoms with Crippen LogP contribution in [0.15, 0.2) is 12.3 Å². The SMILES string of the molecule is CCNc1nccc(C(=O)NCC(F)F)c1F. The van der Waals surface area contributed by atoms with Crippen LogP contribution in [0.5, 0.6) is 0 Å². The van der Waals surface area contributed by atoms with Crippen molar-refractivity contribution in [2.75, 3.05) is 18.4 Å². The predicted octanol–water partition coefficient (Wildman–Crippen LogP) is 1.65. The summed E-state index contributed by atoms with van der Waals surface area (Å²) in [5.41, 5.74) is -0.309. The van der Waals surface area contributed by atoms with E-state index in [9.17, 15) is 18.0 Å². The third kappa shape index (κ3) is 3.61. The summed E-state index contributed by atoms with van der Waals surface area (Å²) in [5, 5.41) is 4.55. The fraction of sp³-hybridized carbons (Fsp3) is 0.400. The Bertz CT molecular complexity index is 398. The zero-order valence-corrected chi connectivity index (χ0v) is 9.14. The van der Waals surface area contributed by atoms with Crippen molar-refractivity contribution >= 4 is 11.7 Å². The summed E-state index contributed by atoms with van der Waals surface area (Å²) in [6.07, 6.45) is -1.43. The second kappa shape index (κ2) is 6.07. The van der Waals surface area contributed by atoms with Crippen LogP contribution in [0.3, 0.4) is 0 Å². The molecule has 4 nitrogen and oxygen atoms in total. The Hall–Kier alpha value is -1.79. The molecule has 0 radical (unpaired) electrons. The van der Waals surface area contributed by atoms with Crippen LogP contribution < -0.4 is 10.6 Å². The largest absolute Gasteiger partial charge is 0.368 e. The molecule has 0 saturated heterocycles. The average Bonchev–Trinajstić information content (AvgIpc) is 2.29. The maximum Gasteiger partial charge on any atom is 0.255 e. The van der Waals surface area contributed by atoms with Gasteiger partial charge in [-0.2, -0.15) is 0 Å². The maximum absolute atomic E-state index is 13.7. The third-order valence-electron chi connectivity index (χ3n) is 1.89. The minimum Gasteiger partial charge on any atom is -0.368 e. The van der Waals surface area contributed by atoms with Crippen LogP contribution in [0.25, 0.3) is 0 Å². The lowest BCUT2D eigenvalue weighted by Gasteiger charge is -2.08. The van der Waals surface area contributed by atoms with Crippen LogP contribution in [0.2, 0.25) is 0 Å². The van der Waals surface area contributed by atoms with Gasteiger partial charge in [-0.05, 0) is 13.0 Å². The fourth-order valence-electron chi connectivity index (χ4n) is 1.17. The van der Waals surface area contributed by atoms with E-state index in [1.54, 1.807) is 6.92 Å². The highest BCUT2D eigenvalue weighted by Crippen LogP contribution is 2.14. The number of alkyl halides is 2. The standard InChI is InChI=1S/C10H12F3N3O/c1-2-14-9-8(13)6(3-4-15-9)10(17)16-5-7(11)12/h3-4,7H,2,5H2,1H3,(H,14,15)(H,16,17). The first-order valence-corrected chi connectivity index (χ1v) is 5.01. The summed E-state index contributed by atoms with van der Waals surface area (Å²) in [5.74, 6) is -1.80. The Kier molecular flexibility index (Phi) is 4.74. The van der Waals surface area contributed by atoms with Gasteiger partial charge in [-0.15, -0.1) is 0 Å². The van der Waals surface area contributed by atoms with Crippen molar-refractivity contribution in [3.05, 3.63) is 23.6 Å². The van der Waals surface area contributed by atoms with E-state index in [-0.39, 0.29) is 11.4 Å². The van der Waals surface area contributed by atoms with Crippen molar-refractivity contribution in [3.63, 3.8) is 0 Å². The van der Waals surface area contributed by atoms with Gasteiger partial charge in [0.05, 0.1) is 12.1 Å². The van der Waals surface area contributed by atoms with Crippen molar-refractivity contribution < 1.29 is 18.0 Å². The van der Waals surface area contributed by atoms with Crippen molar-refractivity contribution in [3.8, 4) is 0 Å². The van der Waals surface area contributed by atoms with Crippen molar-refractivity contribution in [2.24, 2.45) is 0 Å². The lowest BCUT2D eigenvalue weighted by molar-refractivity contribution is 0.0887. The second-order valence-electron chi connectivity index (χ2n) is 3.15. The first-order chi connectivity index (χ1) is 8.06. The van der Waals surface area contributed by atoms with E-state index in [0.29, 0.717) is 6.54 Å². The average molecular weight is 247 g/mol. The third-order valence-corrected chi connectivity index (χ3v) is 1.89. The molecule has 94 valence electrons. The molecule has 0 spiro atoms. The summed E-state index contributed by atoms with van der Waals surface area (Å²) in [7, 11) is 0. The monoisotopic (exact) mass is 247 g/mol. The molecule has 7 heteroatoms. The topological polar surface area (TPSA) is 54.0 Å². The smallest absolute Gasteiger partial charge is 0.255 e. The summed E-state index contributed by atoms with van der Waals surface area (Å²) in [6, 6.07) is 1.14. The Morgan fingerprint density at radius 2 is 2.24 bits per heavy atom. The molecule has 0 unspecified atom stereocenters. The van der Waals surface area contributed by atoms with Gasteiger partial charge in [0.25, 0.3) is 12.3 Å². The number of nitrogens with zero attached hydrogens (tertiary/aromatic N) is 1. The lowest BCUT2D eigenvalue weighted by Crippen LogP contribution is -2.29. The number of nitrogens with one attached hydrogen (secondary N) is 2. The van der Waals surface area contributed by atoms with Gasteiger partial charge in [-0.1, -0.05) is 0 Å². The molecule has 1 heterocycles. The lowest BCUT2D eigenvalue weighted by atomic mass is 10.2. The maximum atomic E-state index is 13.7. The van der Waals surface area contributed by atoms with Gasteiger partial charge in [-0.25, -0.2) is 18.2 Å². The first kappa shape index (κ1) is 13.3. The summed E-state index contributed by atoms with van der Waals surface area (Å²) >= 11 is 0. The minimum absolute atomic E-state index is 0.0720. The highest BCUT2D eigenvalue weighted by Gasteiger charge is 2.16. The van der Waals surface area contributed by atoms with Crippen LogP contribution >= 0.6 is 0 Å². The Morgan fingerprint density at radius 3 is 2.82 bits per heavy atom. The molecule has 0 fully saturated rings. The van der Waals surface area contributed by atoms with Gasteiger partial charge in [0.15, 0.2) is 11.6 Å². The molecule has 1 amide bonds. The molecule has 1 aromatic heterocycles. The molecule has 17 heavy (non-hydrogen) atoms. The van der Waals surface area contributed by atoms with Gasteiger partial charge in [0, 0.05) is 12.7 Å². The Labute approximate surface area is 96.2 Å². The van der Waals surface area contributed by atoms with E-state index in [0.717, 1.165) is 6.07 Å². The van der Waals surface area contributed by atoms with Crippen LogP contribution in [0.1, 0.15) is 17.3 Å². The van der Waals surface area contributed by atoms with Crippen LogP contribution in [-0.2, 0) is 0 Å². The molecular weight excluding hydrogens is 235 g/mol. The van der Waals surface area contributed by atoms with Crippen LogP contribution in [-0.4, -0.2) is 30.4 Å². The number of carbonyl (C=O) groups is 1.